The number of carbonyl (C=O) groups is 4. The number of carbonyl (C=O) groups excluding carboxylic acids is 4. The highest BCUT2D eigenvalue weighted by Gasteiger charge is 2.57. The Kier molecular flexibility index (Phi) is 5.06. The summed E-state index contributed by atoms with van der Waals surface area (Å²) in [6.45, 7) is 11.1. The molecule has 2 bridgehead atoms. The van der Waals surface area contributed by atoms with E-state index in [-0.39, 0.29) is 51.6 Å². The molecule has 30 heavy (non-hydrogen) atoms. The van der Waals surface area contributed by atoms with Gasteiger partial charge in [-0.05, 0) is 33.3 Å². The number of ether oxygens (including phenoxy) is 3. The number of fused-ring (bicyclic) bond motifs is 3. The van der Waals surface area contributed by atoms with Crippen LogP contribution < -0.4 is 0 Å². The fraction of sp³-hybridized carbons (Fsp3) is 0.364. The van der Waals surface area contributed by atoms with Crippen molar-refractivity contribution >= 4 is 23.7 Å². The molecule has 0 aromatic carbocycles. The molecule has 0 aromatic rings. The summed E-state index contributed by atoms with van der Waals surface area (Å²) < 4.78 is 16.4. The zero-order chi connectivity index (χ0) is 22.5. The Bertz CT molecular complexity index is 1050. The lowest BCUT2D eigenvalue weighted by Crippen LogP contribution is -2.36. The number of rotatable bonds is 3. The number of aliphatic hydroxyl groups excluding tert-OH is 1. The molecule has 3 rings (SSSR count). The standard InChI is InChI=1S/C22H22O8/c1-7-9(2)20(26)30-19-15-10(3)21(27)29-17(18(15)28-12(5)23)11(4)16-13(24)8-14(25)22(16,19)6/h7,18,24H,3,8H2,1-2,4-6H3/b9-7-. The summed E-state index contributed by atoms with van der Waals surface area (Å²) in [6.07, 6.45) is -0.0249. The largest absolute Gasteiger partial charge is 0.512 e. The number of esters is 3. The van der Waals surface area contributed by atoms with Crippen molar-refractivity contribution in [2.75, 3.05) is 0 Å². The van der Waals surface area contributed by atoms with Gasteiger partial charge in [0.05, 0.1) is 17.6 Å². The predicted octanol–water partition coefficient (Wildman–Crippen LogP) is 2.87. The first-order valence-electron chi connectivity index (χ1n) is 9.30. The van der Waals surface area contributed by atoms with Gasteiger partial charge in [-0.25, -0.2) is 9.59 Å². The quantitative estimate of drug-likeness (QED) is 0.426. The first-order valence-corrected chi connectivity index (χ1v) is 9.30. The fourth-order valence-electron chi connectivity index (χ4n) is 3.94. The van der Waals surface area contributed by atoms with E-state index in [4.69, 9.17) is 14.2 Å². The van der Waals surface area contributed by atoms with E-state index in [0.29, 0.717) is 0 Å². The minimum absolute atomic E-state index is 0.0337. The van der Waals surface area contributed by atoms with Gasteiger partial charge < -0.3 is 19.3 Å². The van der Waals surface area contributed by atoms with Crippen molar-refractivity contribution < 1.29 is 38.5 Å². The molecule has 2 aliphatic carbocycles. The van der Waals surface area contributed by atoms with Crippen LogP contribution in [-0.4, -0.2) is 34.9 Å². The van der Waals surface area contributed by atoms with Crippen molar-refractivity contribution in [1.29, 1.82) is 0 Å². The van der Waals surface area contributed by atoms with Crippen LogP contribution in [0.1, 0.15) is 41.0 Å². The number of Topliss-reactive ketones (excluding diaryl/α,β-unsaturated/α-hetero) is 1. The summed E-state index contributed by atoms with van der Waals surface area (Å²) >= 11 is 0. The minimum atomic E-state index is -1.61. The third-order valence-electron chi connectivity index (χ3n) is 5.63. The summed E-state index contributed by atoms with van der Waals surface area (Å²) in [5, 5.41) is 10.6. The van der Waals surface area contributed by atoms with Crippen molar-refractivity contribution in [3.8, 4) is 0 Å². The Balaban J connectivity index is 2.43. The van der Waals surface area contributed by atoms with Crippen LogP contribution in [-0.2, 0) is 33.4 Å². The first-order chi connectivity index (χ1) is 13.9. The third-order valence-corrected chi connectivity index (χ3v) is 5.63. The van der Waals surface area contributed by atoms with E-state index in [1.165, 1.54) is 33.8 Å². The first kappa shape index (κ1) is 21.3. The van der Waals surface area contributed by atoms with Gasteiger partial charge in [-0.15, -0.1) is 0 Å². The van der Waals surface area contributed by atoms with Crippen LogP contribution in [0, 0.1) is 5.41 Å². The van der Waals surface area contributed by atoms with E-state index in [2.05, 4.69) is 6.58 Å². The Hall–Kier alpha value is -3.42. The van der Waals surface area contributed by atoms with Crippen molar-refractivity contribution in [2.45, 2.75) is 47.1 Å². The maximum Gasteiger partial charge on any atom is 0.343 e. The molecule has 158 valence electrons. The SMILES string of the molecule is C=C1C(=O)OC2=C(C)C3=C(O)CC(=O)C3(C)C(OC(=O)/C(C)=C\C)=C1C2OC(C)=O. The molecule has 1 saturated heterocycles. The second-order valence-electron chi connectivity index (χ2n) is 7.50. The molecule has 2 atom stereocenters. The molecule has 0 radical (unpaired) electrons. The monoisotopic (exact) mass is 414 g/mol. The second kappa shape index (κ2) is 7.12. The lowest BCUT2D eigenvalue weighted by Gasteiger charge is -2.31. The van der Waals surface area contributed by atoms with Crippen LogP contribution in [0.15, 0.2) is 57.8 Å². The smallest absolute Gasteiger partial charge is 0.343 e. The van der Waals surface area contributed by atoms with Gasteiger partial charge in [0.25, 0.3) is 0 Å². The minimum Gasteiger partial charge on any atom is -0.512 e. The van der Waals surface area contributed by atoms with Crippen LogP contribution in [0.5, 0.6) is 0 Å². The Morgan fingerprint density at radius 1 is 1.30 bits per heavy atom. The normalized spacial score (nSPS) is 26.5. The van der Waals surface area contributed by atoms with Crippen molar-refractivity contribution in [3.63, 3.8) is 0 Å². The topological polar surface area (TPSA) is 116 Å². The summed E-state index contributed by atoms with van der Waals surface area (Å²) in [4.78, 5) is 50.0. The molecule has 2 unspecified atom stereocenters. The number of aliphatic hydroxyl groups is 1. The van der Waals surface area contributed by atoms with Gasteiger partial charge in [-0.3, -0.25) is 9.59 Å². The van der Waals surface area contributed by atoms with Crippen LogP contribution >= 0.6 is 0 Å². The van der Waals surface area contributed by atoms with Gasteiger partial charge in [0, 0.05) is 18.1 Å². The predicted molar refractivity (Wildman–Crippen MR) is 103 cm³/mol. The second-order valence-corrected chi connectivity index (χ2v) is 7.50. The highest BCUT2D eigenvalue weighted by molar-refractivity contribution is 6.02. The molecule has 1 fully saturated rings. The van der Waals surface area contributed by atoms with E-state index in [0.717, 1.165) is 0 Å². The Morgan fingerprint density at radius 3 is 2.50 bits per heavy atom. The average Bonchev–Trinajstić information content (AvgIpc) is 2.87. The molecule has 0 aromatic heterocycles. The van der Waals surface area contributed by atoms with Crippen molar-refractivity contribution in [3.05, 3.63) is 57.8 Å². The van der Waals surface area contributed by atoms with E-state index < -0.39 is 35.2 Å². The number of allylic oxidation sites excluding steroid dienone is 4. The summed E-state index contributed by atoms with van der Waals surface area (Å²) in [6, 6.07) is 0. The lowest BCUT2D eigenvalue weighted by molar-refractivity contribution is -0.150. The Morgan fingerprint density at radius 2 is 1.93 bits per heavy atom. The number of hydrogen-bond acceptors (Lipinski definition) is 8. The van der Waals surface area contributed by atoms with Crippen molar-refractivity contribution in [2.24, 2.45) is 5.41 Å². The molecule has 0 spiro atoms. The molecule has 8 heteroatoms. The molecular weight excluding hydrogens is 392 g/mol. The molecule has 1 heterocycles. The third kappa shape index (κ3) is 2.91. The number of hydrogen-bond donors (Lipinski definition) is 1. The van der Waals surface area contributed by atoms with E-state index in [9.17, 15) is 24.3 Å². The van der Waals surface area contributed by atoms with Gasteiger partial charge in [-0.2, -0.15) is 0 Å². The lowest BCUT2D eigenvalue weighted by atomic mass is 9.76. The molecule has 8 nitrogen and oxygen atoms in total. The Labute approximate surface area is 173 Å². The maximum atomic E-state index is 13.0. The van der Waals surface area contributed by atoms with Crippen LogP contribution in [0.25, 0.3) is 0 Å². The molecule has 1 aliphatic heterocycles. The van der Waals surface area contributed by atoms with Crippen LogP contribution in [0.4, 0.5) is 0 Å². The zero-order valence-corrected chi connectivity index (χ0v) is 17.4. The van der Waals surface area contributed by atoms with Crippen molar-refractivity contribution in [1.82, 2.24) is 0 Å². The summed E-state index contributed by atoms with van der Waals surface area (Å²) in [5.41, 5.74) is -1.19. The molecule has 0 saturated carbocycles. The molecule has 1 N–H and O–H groups in total. The molecular formula is C22H22O8. The molecule has 0 amide bonds. The van der Waals surface area contributed by atoms with Crippen LogP contribution in [0.2, 0.25) is 0 Å². The zero-order valence-electron chi connectivity index (χ0n) is 17.4. The number of ketones is 1. The van der Waals surface area contributed by atoms with Crippen LogP contribution in [0.3, 0.4) is 0 Å². The van der Waals surface area contributed by atoms with Gasteiger partial charge in [0.1, 0.15) is 16.9 Å². The van der Waals surface area contributed by atoms with Gasteiger partial charge in [0.2, 0.25) is 0 Å². The summed E-state index contributed by atoms with van der Waals surface area (Å²) in [7, 11) is 0. The van der Waals surface area contributed by atoms with E-state index in [1.54, 1.807) is 6.92 Å². The maximum absolute atomic E-state index is 13.0. The van der Waals surface area contributed by atoms with Gasteiger partial charge in [-0.1, -0.05) is 12.7 Å². The average molecular weight is 414 g/mol. The summed E-state index contributed by atoms with van der Waals surface area (Å²) in [5.74, 6) is -3.23. The highest BCUT2D eigenvalue weighted by Crippen LogP contribution is 2.55. The molecule has 3 aliphatic rings. The fourth-order valence-corrected chi connectivity index (χ4v) is 3.94. The van der Waals surface area contributed by atoms with E-state index in [1.807, 2.05) is 0 Å². The van der Waals surface area contributed by atoms with Gasteiger partial charge in [0.15, 0.2) is 17.6 Å². The highest BCUT2D eigenvalue weighted by atomic mass is 16.6. The van der Waals surface area contributed by atoms with Gasteiger partial charge >= 0.3 is 17.9 Å². The van der Waals surface area contributed by atoms with E-state index >= 15 is 0 Å².